The van der Waals surface area contributed by atoms with Crippen LogP contribution in [0.5, 0.6) is 5.75 Å². The van der Waals surface area contributed by atoms with Crippen LogP contribution in [0.15, 0.2) is 30.3 Å². The first-order valence-corrected chi connectivity index (χ1v) is 4.16. The van der Waals surface area contributed by atoms with Gasteiger partial charge in [-0.1, -0.05) is 24.3 Å². The first-order valence-electron chi connectivity index (χ1n) is 4.16. The summed E-state index contributed by atoms with van der Waals surface area (Å²) in [5.41, 5.74) is 1.12. The predicted molar refractivity (Wildman–Crippen MR) is 53.9 cm³/mol. The maximum Gasteiger partial charge on any atom is 0.119 e. The fraction of sp³-hybridized carbons (Fsp3) is 0.273. The lowest BCUT2D eigenvalue weighted by Gasteiger charge is -1.99. The monoisotopic (exact) mass is 178 g/mol. The van der Waals surface area contributed by atoms with Crippen LogP contribution in [0.25, 0.3) is 6.08 Å². The molecule has 0 N–H and O–H groups in total. The summed E-state index contributed by atoms with van der Waals surface area (Å²) in [6.45, 7) is 0.636. The highest BCUT2D eigenvalue weighted by Crippen LogP contribution is 2.13. The molecule has 0 amide bonds. The van der Waals surface area contributed by atoms with Crippen LogP contribution in [0.3, 0.4) is 0 Å². The molecule has 1 aromatic rings. The molecule has 0 saturated carbocycles. The zero-order chi connectivity index (χ0) is 9.52. The molecule has 0 fully saturated rings. The highest BCUT2D eigenvalue weighted by atomic mass is 16.5. The summed E-state index contributed by atoms with van der Waals surface area (Å²) in [5.74, 6) is 0.875. The minimum atomic E-state index is 0.636. The van der Waals surface area contributed by atoms with Gasteiger partial charge in [-0.2, -0.15) is 0 Å². The fourth-order valence-electron chi connectivity index (χ4n) is 1.03. The first-order chi connectivity index (χ1) is 6.36. The molecule has 0 spiro atoms. The zero-order valence-corrected chi connectivity index (χ0v) is 7.99. The minimum absolute atomic E-state index is 0.636. The number of hydrogen-bond acceptors (Lipinski definition) is 2. The third kappa shape index (κ3) is 3.30. The molecule has 1 aromatic carbocycles. The van der Waals surface area contributed by atoms with E-state index in [4.69, 9.17) is 9.47 Å². The molecule has 2 heteroatoms. The van der Waals surface area contributed by atoms with Crippen molar-refractivity contribution in [1.82, 2.24) is 0 Å². The van der Waals surface area contributed by atoms with Crippen molar-refractivity contribution in [3.05, 3.63) is 35.9 Å². The lowest BCUT2D eigenvalue weighted by Crippen LogP contribution is -1.83. The number of rotatable bonds is 4. The maximum absolute atomic E-state index is 5.10. The van der Waals surface area contributed by atoms with Gasteiger partial charge in [-0.25, -0.2) is 0 Å². The third-order valence-electron chi connectivity index (χ3n) is 1.67. The van der Waals surface area contributed by atoms with Gasteiger partial charge in [0.2, 0.25) is 0 Å². The summed E-state index contributed by atoms with van der Waals surface area (Å²) in [6, 6.07) is 7.89. The molecule has 0 saturated heterocycles. The molecule has 13 heavy (non-hydrogen) atoms. The average Bonchev–Trinajstić information content (AvgIpc) is 2.19. The van der Waals surface area contributed by atoms with E-state index in [1.807, 2.05) is 36.4 Å². The second-order valence-electron chi connectivity index (χ2n) is 2.63. The number of methoxy groups -OCH3 is 2. The Morgan fingerprint density at radius 2 is 2.15 bits per heavy atom. The van der Waals surface area contributed by atoms with Crippen molar-refractivity contribution in [2.24, 2.45) is 0 Å². The fourth-order valence-corrected chi connectivity index (χ4v) is 1.03. The van der Waals surface area contributed by atoms with E-state index in [1.165, 1.54) is 0 Å². The molecule has 1 rings (SSSR count). The number of hydrogen-bond donors (Lipinski definition) is 0. The first kappa shape index (κ1) is 9.81. The van der Waals surface area contributed by atoms with E-state index < -0.39 is 0 Å². The quantitative estimate of drug-likeness (QED) is 0.704. The van der Waals surface area contributed by atoms with E-state index in [2.05, 4.69) is 0 Å². The van der Waals surface area contributed by atoms with Gasteiger partial charge < -0.3 is 9.47 Å². The standard InChI is InChI=1S/C11H14O2/c1-12-8-4-6-10-5-3-7-11(9-10)13-2/h3-7,9H,8H2,1-2H3. The van der Waals surface area contributed by atoms with Gasteiger partial charge in [-0.3, -0.25) is 0 Å². The zero-order valence-electron chi connectivity index (χ0n) is 7.99. The lowest BCUT2D eigenvalue weighted by atomic mass is 10.2. The Morgan fingerprint density at radius 3 is 2.85 bits per heavy atom. The van der Waals surface area contributed by atoms with Gasteiger partial charge >= 0.3 is 0 Å². The van der Waals surface area contributed by atoms with Crippen LogP contribution in [0.2, 0.25) is 0 Å². The summed E-state index contributed by atoms with van der Waals surface area (Å²) in [5, 5.41) is 0. The Balaban J connectivity index is 2.66. The van der Waals surface area contributed by atoms with E-state index in [0.717, 1.165) is 11.3 Å². The van der Waals surface area contributed by atoms with Gasteiger partial charge in [0.1, 0.15) is 5.75 Å². The smallest absolute Gasteiger partial charge is 0.119 e. The largest absolute Gasteiger partial charge is 0.497 e. The molecular formula is C11H14O2. The molecule has 0 bridgehead atoms. The average molecular weight is 178 g/mol. The molecule has 0 aliphatic rings. The molecule has 0 atom stereocenters. The van der Waals surface area contributed by atoms with Gasteiger partial charge in [-0.05, 0) is 17.7 Å². The van der Waals surface area contributed by atoms with Crippen molar-refractivity contribution in [2.45, 2.75) is 0 Å². The normalized spacial score (nSPS) is 10.6. The minimum Gasteiger partial charge on any atom is -0.497 e. The molecule has 2 nitrogen and oxygen atoms in total. The molecule has 70 valence electrons. The predicted octanol–water partition coefficient (Wildman–Crippen LogP) is 2.35. The van der Waals surface area contributed by atoms with Crippen molar-refractivity contribution in [3.63, 3.8) is 0 Å². The molecular weight excluding hydrogens is 164 g/mol. The molecule has 0 unspecified atom stereocenters. The number of benzene rings is 1. The highest BCUT2D eigenvalue weighted by Gasteiger charge is 1.90. The Kier molecular flexibility index (Phi) is 4.06. The lowest BCUT2D eigenvalue weighted by molar-refractivity contribution is 0.234. The number of ether oxygens (including phenoxy) is 2. The van der Waals surface area contributed by atoms with Crippen molar-refractivity contribution in [3.8, 4) is 5.75 Å². The van der Waals surface area contributed by atoms with Crippen LogP contribution >= 0.6 is 0 Å². The summed E-state index contributed by atoms with van der Waals surface area (Å²) < 4.78 is 10.00. The Hall–Kier alpha value is -1.28. The van der Waals surface area contributed by atoms with Crippen LogP contribution in [-0.4, -0.2) is 20.8 Å². The van der Waals surface area contributed by atoms with E-state index in [-0.39, 0.29) is 0 Å². The summed E-state index contributed by atoms with van der Waals surface area (Å²) in [4.78, 5) is 0. The van der Waals surface area contributed by atoms with Gasteiger partial charge in [0.15, 0.2) is 0 Å². The van der Waals surface area contributed by atoms with E-state index in [1.54, 1.807) is 14.2 Å². The Morgan fingerprint density at radius 1 is 1.31 bits per heavy atom. The summed E-state index contributed by atoms with van der Waals surface area (Å²) in [6.07, 6.45) is 3.97. The van der Waals surface area contributed by atoms with Gasteiger partial charge in [0.05, 0.1) is 13.7 Å². The van der Waals surface area contributed by atoms with Gasteiger partial charge in [-0.15, -0.1) is 0 Å². The summed E-state index contributed by atoms with van der Waals surface area (Å²) >= 11 is 0. The SMILES string of the molecule is COCC=Cc1cccc(OC)c1. The van der Waals surface area contributed by atoms with Crippen LogP contribution in [0.1, 0.15) is 5.56 Å². The second kappa shape index (κ2) is 5.38. The van der Waals surface area contributed by atoms with E-state index in [9.17, 15) is 0 Å². The summed E-state index contributed by atoms with van der Waals surface area (Å²) in [7, 11) is 3.34. The molecule has 0 aromatic heterocycles. The molecule has 0 aliphatic heterocycles. The second-order valence-corrected chi connectivity index (χ2v) is 2.63. The van der Waals surface area contributed by atoms with Crippen molar-refractivity contribution in [2.75, 3.05) is 20.8 Å². The van der Waals surface area contributed by atoms with Crippen LogP contribution in [-0.2, 0) is 4.74 Å². The molecule has 0 aliphatic carbocycles. The highest BCUT2D eigenvalue weighted by molar-refractivity contribution is 5.51. The van der Waals surface area contributed by atoms with Crippen LogP contribution in [0, 0.1) is 0 Å². The van der Waals surface area contributed by atoms with E-state index >= 15 is 0 Å². The maximum atomic E-state index is 5.10. The Bertz CT molecular complexity index is 279. The topological polar surface area (TPSA) is 18.5 Å². The van der Waals surface area contributed by atoms with Crippen LogP contribution < -0.4 is 4.74 Å². The van der Waals surface area contributed by atoms with Gasteiger partial charge in [0.25, 0.3) is 0 Å². The molecule has 0 radical (unpaired) electrons. The van der Waals surface area contributed by atoms with Crippen molar-refractivity contribution in [1.29, 1.82) is 0 Å². The van der Waals surface area contributed by atoms with E-state index in [0.29, 0.717) is 6.61 Å². The van der Waals surface area contributed by atoms with Gasteiger partial charge in [0, 0.05) is 7.11 Å². The van der Waals surface area contributed by atoms with Crippen molar-refractivity contribution >= 4 is 6.08 Å². The third-order valence-corrected chi connectivity index (χ3v) is 1.67. The molecule has 0 heterocycles. The Labute approximate surface area is 78.8 Å². The van der Waals surface area contributed by atoms with Crippen molar-refractivity contribution < 1.29 is 9.47 Å². The van der Waals surface area contributed by atoms with Crippen LogP contribution in [0.4, 0.5) is 0 Å².